The van der Waals surface area contributed by atoms with Crippen molar-refractivity contribution in [2.45, 2.75) is 9.79 Å². The largest absolute Gasteiger partial charge is 0.465 e. The van der Waals surface area contributed by atoms with E-state index in [4.69, 9.17) is 9.15 Å². The van der Waals surface area contributed by atoms with Gasteiger partial charge in [0.25, 0.3) is 5.91 Å². The zero-order valence-electron chi connectivity index (χ0n) is 14.3. The topological polar surface area (TPSA) is 68.5 Å². The Bertz CT molecular complexity index is 920. The Morgan fingerprint density at radius 1 is 1.00 bits per heavy atom. The molecule has 0 bridgehead atoms. The quantitative estimate of drug-likeness (QED) is 0.479. The summed E-state index contributed by atoms with van der Waals surface area (Å²) in [5, 5.41) is 2.78. The Morgan fingerprint density at radius 3 is 2.56 bits per heavy atom. The number of rotatable bonds is 7. The average Bonchev–Trinajstić information content (AvgIpc) is 3.21. The monoisotopic (exact) mass is 379 g/mol. The smallest absolute Gasteiger partial charge is 0.331 e. The van der Waals surface area contributed by atoms with Crippen molar-refractivity contribution < 1.29 is 18.7 Å². The van der Waals surface area contributed by atoms with Crippen LogP contribution in [0.15, 0.2) is 93.3 Å². The average molecular weight is 379 g/mol. The number of nitrogens with one attached hydrogen (secondary N) is 1. The van der Waals surface area contributed by atoms with E-state index in [0.29, 0.717) is 11.4 Å². The van der Waals surface area contributed by atoms with Crippen molar-refractivity contribution in [2.75, 3.05) is 11.9 Å². The van der Waals surface area contributed by atoms with E-state index in [9.17, 15) is 9.59 Å². The standard InChI is InChI=1S/C21H17NO4S/c23-20(15-26-21(24)13-12-16-7-6-14-25-16)22-18-10-4-5-11-19(18)27-17-8-2-1-3-9-17/h1-14H,15H2,(H,22,23). The first kappa shape index (κ1) is 18.5. The predicted molar refractivity (Wildman–Crippen MR) is 104 cm³/mol. The molecule has 0 saturated carbocycles. The Labute approximate surface area is 161 Å². The molecule has 1 aromatic heterocycles. The minimum Gasteiger partial charge on any atom is -0.465 e. The van der Waals surface area contributed by atoms with Crippen molar-refractivity contribution >= 4 is 35.4 Å². The van der Waals surface area contributed by atoms with Gasteiger partial charge in [-0.05, 0) is 42.5 Å². The van der Waals surface area contributed by atoms with Crippen LogP contribution in [-0.2, 0) is 14.3 Å². The van der Waals surface area contributed by atoms with E-state index in [1.54, 1.807) is 23.9 Å². The molecular weight excluding hydrogens is 362 g/mol. The molecule has 0 aliphatic carbocycles. The third-order valence-corrected chi connectivity index (χ3v) is 4.49. The highest BCUT2D eigenvalue weighted by atomic mass is 32.2. The molecule has 3 aromatic rings. The van der Waals surface area contributed by atoms with Gasteiger partial charge in [0, 0.05) is 15.9 Å². The van der Waals surface area contributed by atoms with Gasteiger partial charge >= 0.3 is 5.97 Å². The van der Waals surface area contributed by atoms with Crippen LogP contribution in [0.3, 0.4) is 0 Å². The van der Waals surface area contributed by atoms with Crippen LogP contribution in [0.1, 0.15) is 5.76 Å². The first-order valence-electron chi connectivity index (χ1n) is 8.21. The van der Waals surface area contributed by atoms with Gasteiger partial charge in [-0.2, -0.15) is 0 Å². The van der Waals surface area contributed by atoms with Gasteiger partial charge < -0.3 is 14.5 Å². The predicted octanol–water partition coefficient (Wildman–Crippen LogP) is 4.63. The molecule has 3 rings (SSSR count). The van der Waals surface area contributed by atoms with Gasteiger partial charge in [-0.25, -0.2) is 4.79 Å². The minimum absolute atomic E-state index is 0.369. The maximum absolute atomic E-state index is 12.1. The molecule has 27 heavy (non-hydrogen) atoms. The number of amides is 1. The lowest BCUT2D eigenvalue weighted by Crippen LogP contribution is -2.20. The fourth-order valence-corrected chi connectivity index (χ4v) is 3.10. The van der Waals surface area contributed by atoms with Gasteiger partial charge in [0.15, 0.2) is 6.61 Å². The molecule has 1 N–H and O–H groups in total. The zero-order valence-corrected chi connectivity index (χ0v) is 15.1. The zero-order chi connectivity index (χ0) is 18.9. The molecule has 0 spiro atoms. The van der Waals surface area contributed by atoms with E-state index in [-0.39, 0.29) is 6.61 Å². The summed E-state index contributed by atoms with van der Waals surface area (Å²) in [6.45, 7) is -0.369. The van der Waals surface area contributed by atoms with Crippen LogP contribution >= 0.6 is 11.8 Å². The number of esters is 1. The summed E-state index contributed by atoms with van der Waals surface area (Å²) in [5.74, 6) is -0.493. The number of hydrogen-bond donors (Lipinski definition) is 1. The number of hydrogen-bond acceptors (Lipinski definition) is 5. The van der Waals surface area contributed by atoms with Crippen molar-refractivity contribution in [3.05, 3.63) is 84.8 Å². The van der Waals surface area contributed by atoms with Gasteiger partial charge in [-0.15, -0.1) is 0 Å². The number of anilines is 1. The molecule has 1 amide bonds. The molecule has 2 aromatic carbocycles. The molecule has 5 nitrogen and oxygen atoms in total. The van der Waals surface area contributed by atoms with Crippen LogP contribution in [0, 0.1) is 0 Å². The molecule has 0 aliphatic heterocycles. The summed E-state index contributed by atoms with van der Waals surface area (Å²) in [6, 6.07) is 20.7. The Morgan fingerprint density at radius 2 is 1.78 bits per heavy atom. The fraction of sp³-hybridized carbons (Fsp3) is 0.0476. The molecular formula is C21H17NO4S. The Kier molecular flexibility index (Phi) is 6.49. The molecule has 1 heterocycles. The molecule has 0 radical (unpaired) electrons. The Balaban J connectivity index is 1.54. The van der Waals surface area contributed by atoms with E-state index in [1.165, 1.54) is 18.4 Å². The van der Waals surface area contributed by atoms with Crippen molar-refractivity contribution in [1.29, 1.82) is 0 Å². The summed E-state index contributed by atoms with van der Waals surface area (Å²) < 4.78 is 10.0. The fourth-order valence-electron chi connectivity index (χ4n) is 2.18. The third kappa shape index (κ3) is 5.90. The van der Waals surface area contributed by atoms with Crippen molar-refractivity contribution in [3.8, 4) is 0 Å². The lowest BCUT2D eigenvalue weighted by molar-refractivity contribution is -0.142. The van der Waals surface area contributed by atoms with Crippen LogP contribution in [-0.4, -0.2) is 18.5 Å². The van der Waals surface area contributed by atoms with E-state index in [1.807, 2.05) is 54.6 Å². The maximum Gasteiger partial charge on any atom is 0.331 e. The van der Waals surface area contributed by atoms with E-state index < -0.39 is 11.9 Å². The SMILES string of the molecule is O=C(COC(=O)C=Cc1ccco1)Nc1ccccc1Sc1ccccc1. The van der Waals surface area contributed by atoms with E-state index in [0.717, 1.165) is 9.79 Å². The van der Waals surface area contributed by atoms with Crippen molar-refractivity contribution in [1.82, 2.24) is 0 Å². The van der Waals surface area contributed by atoms with Crippen molar-refractivity contribution in [3.63, 3.8) is 0 Å². The molecule has 0 unspecified atom stereocenters. The van der Waals surface area contributed by atoms with Crippen LogP contribution in [0.2, 0.25) is 0 Å². The number of carbonyl (C=O) groups is 2. The second kappa shape index (κ2) is 9.45. The minimum atomic E-state index is -0.617. The maximum atomic E-state index is 12.1. The number of ether oxygens (including phenoxy) is 1. The molecule has 0 atom stereocenters. The first-order chi connectivity index (χ1) is 13.2. The highest BCUT2D eigenvalue weighted by Gasteiger charge is 2.09. The summed E-state index contributed by atoms with van der Waals surface area (Å²) in [5.41, 5.74) is 0.665. The summed E-state index contributed by atoms with van der Waals surface area (Å²) >= 11 is 1.54. The van der Waals surface area contributed by atoms with Crippen LogP contribution < -0.4 is 5.32 Å². The van der Waals surface area contributed by atoms with Gasteiger partial charge in [0.2, 0.25) is 0 Å². The highest BCUT2D eigenvalue weighted by Crippen LogP contribution is 2.33. The van der Waals surface area contributed by atoms with Gasteiger partial charge in [0.1, 0.15) is 5.76 Å². The van der Waals surface area contributed by atoms with Gasteiger partial charge in [-0.3, -0.25) is 4.79 Å². The Hall–Kier alpha value is -3.25. The summed E-state index contributed by atoms with van der Waals surface area (Å²) in [7, 11) is 0. The second-order valence-electron chi connectivity index (χ2n) is 5.42. The number of para-hydroxylation sites is 1. The first-order valence-corrected chi connectivity index (χ1v) is 9.02. The molecule has 0 aliphatic rings. The molecule has 136 valence electrons. The van der Waals surface area contributed by atoms with Crippen molar-refractivity contribution in [2.24, 2.45) is 0 Å². The van der Waals surface area contributed by atoms with E-state index >= 15 is 0 Å². The van der Waals surface area contributed by atoms with Gasteiger partial charge in [0.05, 0.1) is 12.0 Å². The normalized spacial score (nSPS) is 10.7. The third-order valence-electron chi connectivity index (χ3n) is 3.40. The van der Waals surface area contributed by atoms with Crippen LogP contribution in [0.4, 0.5) is 5.69 Å². The highest BCUT2D eigenvalue weighted by molar-refractivity contribution is 7.99. The second-order valence-corrected chi connectivity index (χ2v) is 6.53. The number of carbonyl (C=O) groups excluding carboxylic acids is 2. The molecule has 0 fully saturated rings. The lowest BCUT2D eigenvalue weighted by Gasteiger charge is -2.10. The molecule has 0 saturated heterocycles. The van der Waals surface area contributed by atoms with Crippen LogP contribution in [0.5, 0.6) is 0 Å². The summed E-state index contributed by atoms with van der Waals surface area (Å²) in [4.78, 5) is 25.8. The van der Waals surface area contributed by atoms with Gasteiger partial charge in [-0.1, -0.05) is 42.1 Å². The van der Waals surface area contributed by atoms with Crippen LogP contribution in [0.25, 0.3) is 6.08 Å². The number of benzene rings is 2. The number of furan rings is 1. The summed E-state index contributed by atoms with van der Waals surface area (Å²) in [6.07, 6.45) is 4.20. The molecule has 6 heteroatoms. The lowest BCUT2D eigenvalue weighted by atomic mass is 10.3. The van der Waals surface area contributed by atoms with E-state index in [2.05, 4.69) is 5.32 Å².